The first-order chi connectivity index (χ1) is 14.1. The van der Waals surface area contributed by atoms with Gasteiger partial charge in [0.15, 0.2) is 0 Å². The summed E-state index contributed by atoms with van der Waals surface area (Å²) in [5, 5.41) is 7.18. The van der Waals surface area contributed by atoms with Gasteiger partial charge in [-0.15, -0.1) is 0 Å². The number of carbonyl (C=O) groups excluding carboxylic acids is 1. The minimum atomic E-state index is -0.392. The highest BCUT2D eigenvalue weighted by molar-refractivity contribution is 8.14. The van der Waals surface area contributed by atoms with Crippen molar-refractivity contribution in [1.82, 2.24) is 9.99 Å². The van der Waals surface area contributed by atoms with Crippen molar-refractivity contribution in [3.63, 3.8) is 0 Å². The number of thioether (sulfide) groups is 1. The van der Waals surface area contributed by atoms with Gasteiger partial charge in [0.25, 0.3) is 5.91 Å². The fourth-order valence-electron chi connectivity index (χ4n) is 3.09. The van der Waals surface area contributed by atoms with Crippen molar-refractivity contribution in [1.29, 1.82) is 0 Å². The van der Waals surface area contributed by atoms with Crippen molar-refractivity contribution >= 4 is 34.3 Å². The lowest BCUT2D eigenvalue weighted by atomic mass is 10.1. The van der Waals surface area contributed by atoms with Gasteiger partial charge in [-0.3, -0.25) is 4.79 Å². The normalized spacial score (nSPS) is 15.9. The number of hydrogen-bond donors (Lipinski definition) is 0. The summed E-state index contributed by atoms with van der Waals surface area (Å²) in [6.45, 7) is 1.92. The van der Waals surface area contributed by atoms with E-state index in [1.807, 2.05) is 67.6 Å². The molecule has 4 rings (SSSR count). The average molecular weight is 424 g/mol. The van der Waals surface area contributed by atoms with Crippen LogP contribution < -0.4 is 4.74 Å². The number of pyridine rings is 1. The lowest BCUT2D eigenvalue weighted by Gasteiger charge is -2.22. The number of benzene rings is 2. The van der Waals surface area contributed by atoms with E-state index in [4.69, 9.17) is 16.3 Å². The van der Waals surface area contributed by atoms with E-state index in [2.05, 4.69) is 10.1 Å². The number of aryl methyl sites for hydroxylation is 1. The number of methoxy groups -OCH3 is 1. The van der Waals surface area contributed by atoms with E-state index in [1.54, 1.807) is 13.3 Å². The van der Waals surface area contributed by atoms with Crippen LogP contribution in [0.2, 0.25) is 5.02 Å². The lowest BCUT2D eigenvalue weighted by molar-refractivity contribution is 0.0747. The molecular weight excluding hydrogens is 406 g/mol. The molecular formula is C22H18ClN3O2S. The number of halogens is 1. The van der Waals surface area contributed by atoms with Gasteiger partial charge in [-0.05, 0) is 42.8 Å². The smallest absolute Gasteiger partial charge is 0.275 e. The molecule has 0 aliphatic carbocycles. The first-order valence-electron chi connectivity index (χ1n) is 8.98. The molecule has 0 spiro atoms. The fourth-order valence-corrected chi connectivity index (χ4v) is 4.39. The summed E-state index contributed by atoms with van der Waals surface area (Å²) >= 11 is 7.50. The predicted octanol–water partition coefficient (Wildman–Crippen LogP) is 5.30. The maximum absolute atomic E-state index is 13.4. The van der Waals surface area contributed by atoms with Crippen molar-refractivity contribution in [2.75, 3.05) is 7.11 Å². The van der Waals surface area contributed by atoms with Crippen molar-refractivity contribution in [3.8, 4) is 5.88 Å². The third-order valence-corrected chi connectivity index (χ3v) is 6.05. The molecule has 0 N–H and O–H groups in total. The second-order valence-corrected chi connectivity index (χ2v) is 7.95. The molecule has 3 aromatic rings. The summed E-state index contributed by atoms with van der Waals surface area (Å²) in [5.41, 5.74) is 3.19. The van der Waals surface area contributed by atoms with E-state index in [-0.39, 0.29) is 5.91 Å². The zero-order chi connectivity index (χ0) is 20.4. The predicted molar refractivity (Wildman–Crippen MR) is 116 cm³/mol. The number of nitrogens with zero attached hydrogens (tertiary/aromatic N) is 3. The number of amides is 1. The number of rotatable bonds is 4. The van der Waals surface area contributed by atoms with Crippen LogP contribution in [0.1, 0.15) is 32.4 Å². The molecule has 2 aromatic carbocycles. The third-order valence-electron chi connectivity index (χ3n) is 4.58. The molecule has 0 bridgehead atoms. The van der Waals surface area contributed by atoms with Crippen LogP contribution >= 0.6 is 23.4 Å². The highest BCUT2D eigenvalue weighted by Gasteiger charge is 2.36. The zero-order valence-electron chi connectivity index (χ0n) is 15.9. The largest absolute Gasteiger partial charge is 0.481 e. The van der Waals surface area contributed by atoms with Crippen molar-refractivity contribution < 1.29 is 9.53 Å². The summed E-state index contributed by atoms with van der Waals surface area (Å²) in [7, 11) is 1.57. The number of aromatic nitrogens is 1. The molecule has 7 heteroatoms. The second-order valence-electron chi connectivity index (χ2n) is 6.45. The Kier molecular flexibility index (Phi) is 5.56. The Morgan fingerprint density at radius 3 is 2.59 bits per heavy atom. The van der Waals surface area contributed by atoms with Gasteiger partial charge in [-0.2, -0.15) is 5.10 Å². The molecule has 0 radical (unpaired) electrons. The summed E-state index contributed by atoms with van der Waals surface area (Å²) in [4.78, 5) is 17.7. The molecule has 1 aliphatic rings. The van der Waals surface area contributed by atoms with Gasteiger partial charge in [0.1, 0.15) is 10.4 Å². The first kappa shape index (κ1) is 19.5. The van der Waals surface area contributed by atoms with E-state index in [0.29, 0.717) is 16.5 Å². The molecule has 1 atom stereocenters. The fraction of sp³-hybridized carbons (Fsp3) is 0.136. The molecule has 0 saturated heterocycles. The number of carbonyl (C=O) groups is 1. The van der Waals surface area contributed by atoms with Crippen LogP contribution in [0.15, 0.2) is 72.0 Å². The van der Waals surface area contributed by atoms with Gasteiger partial charge in [-0.25, -0.2) is 9.99 Å². The summed E-state index contributed by atoms with van der Waals surface area (Å²) in [6, 6.07) is 18.6. The molecule has 2 heterocycles. The quantitative estimate of drug-likeness (QED) is 0.571. The van der Waals surface area contributed by atoms with E-state index < -0.39 is 5.37 Å². The molecule has 146 valence electrons. The van der Waals surface area contributed by atoms with Gasteiger partial charge in [0.2, 0.25) is 5.88 Å². The third kappa shape index (κ3) is 3.86. The molecule has 29 heavy (non-hydrogen) atoms. The van der Waals surface area contributed by atoms with Crippen LogP contribution in [0, 0.1) is 6.92 Å². The van der Waals surface area contributed by atoms with Crippen LogP contribution in [0.3, 0.4) is 0 Å². The van der Waals surface area contributed by atoms with Crippen LogP contribution in [0.4, 0.5) is 0 Å². The van der Waals surface area contributed by atoms with E-state index in [9.17, 15) is 4.79 Å². The Hall–Kier alpha value is -2.83. The number of ether oxygens (including phenoxy) is 1. The molecule has 0 fully saturated rings. The second kappa shape index (κ2) is 8.27. The zero-order valence-corrected chi connectivity index (χ0v) is 17.4. The van der Waals surface area contributed by atoms with Crippen LogP contribution in [0.5, 0.6) is 5.88 Å². The van der Waals surface area contributed by atoms with Gasteiger partial charge in [-0.1, -0.05) is 53.7 Å². The topological polar surface area (TPSA) is 54.8 Å². The van der Waals surface area contributed by atoms with Gasteiger partial charge in [0.05, 0.1) is 7.11 Å². The van der Waals surface area contributed by atoms with Gasteiger partial charge in [0, 0.05) is 27.9 Å². The molecule has 1 unspecified atom stereocenters. The standard InChI is InChI=1S/C22H18ClN3O2S/c1-14-6-3-4-7-17(14)21(27)26-22(18-8-5-13-24-19(18)28-2)29-20(25-26)15-9-11-16(23)12-10-15/h3-13,22H,1-2H3. The van der Waals surface area contributed by atoms with Gasteiger partial charge < -0.3 is 4.74 Å². The Morgan fingerprint density at radius 1 is 1.10 bits per heavy atom. The Balaban J connectivity index is 1.78. The van der Waals surface area contributed by atoms with Crippen molar-refractivity contribution in [2.24, 2.45) is 5.10 Å². The molecule has 5 nitrogen and oxygen atoms in total. The summed E-state index contributed by atoms with van der Waals surface area (Å²) < 4.78 is 5.44. The lowest BCUT2D eigenvalue weighted by Crippen LogP contribution is -2.27. The maximum Gasteiger partial charge on any atom is 0.275 e. The van der Waals surface area contributed by atoms with E-state index >= 15 is 0 Å². The van der Waals surface area contributed by atoms with E-state index in [0.717, 1.165) is 21.7 Å². The van der Waals surface area contributed by atoms with Crippen LogP contribution in [0.25, 0.3) is 0 Å². The van der Waals surface area contributed by atoms with Crippen molar-refractivity contribution in [3.05, 3.63) is 94.1 Å². The molecule has 1 amide bonds. The van der Waals surface area contributed by atoms with Gasteiger partial charge >= 0.3 is 0 Å². The number of hydrogen-bond acceptors (Lipinski definition) is 5. The number of hydrazone groups is 1. The van der Waals surface area contributed by atoms with Crippen LogP contribution in [-0.2, 0) is 0 Å². The Morgan fingerprint density at radius 2 is 1.86 bits per heavy atom. The molecule has 1 aromatic heterocycles. The first-order valence-corrected chi connectivity index (χ1v) is 10.2. The minimum absolute atomic E-state index is 0.171. The van der Waals surface area contributed by atoms with Crippen molar-refractivity contribution in [2.45, 2.75) is 12.3 Å². The summed E-state index contributed by atoms with van der Waals surface area (Å²) in [5.74, 6) is 0.301. The van der Waals surface area contributed by atoms with Crippen LogP contribution in [-0.4, -0.2) is 28.1 Å². The summed E-state index contributed by atoms with van der Waals surface area (Å²) in [6.07, 6.45) is 1.66. The molecule has 0 saturated carbocycles. The maximum atomic E-state index is 13.4. The average Bonchev–Trinajstić information content (AvgIpc) is 3.19. The minimum Gasteiger partial charge on any atom is -0.481 e. The highest BCUT2D eigenvalue weighted by Crippen LogP contribution is 2.44. The highest BCUT2D eigenvalue weighted by atomic mass is 35.5. The Labute approximate surface area is 178 Å². The monoisotopic (exact) mass is 423 g/mol. The molecule has 1 aliphatic heterocycles. The Bertz CT molecular complexity index is 1090. The van der Waals surface area contributed by atoms with E-state index in [1.165, 1.54) is 16.8 Å². The SMILES string of the molecule is COc1ncccc1C1SC(c2ccc(Cl)cc2)=NN1C(=O)c1ccccc1C.